The van der Waals surface area contributed by atoms with Crippen molar-refractivity contribution >= 4 is 44.8 Å². The second-order valence-corrected chi connectivity index (χ2v) is 7.42. The Balaban J connectivity index is 2.68. The van der Waals surface area contributed by atoms with Crippen LogP contribution in [0.1, 0.15) is 16.7 Å². The highest BCUT2D eigenvalue weighted by molar-refractivity contribution is 9.10. The van der Waals surface area contributed by atoms with Gasteiger partial charge in [0.15, 0.2) is 0 Å². The van der Waals surface area contributed by atoms with Gasteiger partial charge in [0, 0.05) is 27.3 Å². The minimum Gasteiger partial charge on any atom is -0.388 e. The van der Waals surface area contributed by atoms with E-state index in [1.54, 1.807) is 18.2 Å². The third kappa shape index (κ3) is 4.36. The number of halogens is 6. The first-order valence-electron chi connectivity index (χ1n) is 7.40. The van der Waals surface area contributed by atoms with Gasteiger partial charge < -0.3 is 10.4 Å². The molecule has 2 nitrogen and oxygen atoms in total. The maximum atomic E-state index is 13.8. The summed E-state index contributed by atoms with van der Waals surface area (Å²) in [7, 11) is 1.48. The molecule has 0 aliphatic rings. The van der Waals surface area contributed by atoms with Gasteiger partial charge in [-0.25, -0.2) is 0 Å². The predicted molar refractivity (Wildman–Crippen MR) is 102 cm³/mol. The lowest BCUT2D eigenvalue weighted by Gasteiger charge is -2.29. The van der Waals surface area contributed by atoms with Gasteiger partial charge in [-0.05, 0) is 60.0 Å². The smallest absolute Gasteiger partial charge is 0.388 e. The minimum absolute atomic E-state index is 0.00549. The Labute approximate surface area is 167 Å². The summed E-state index contributed by atoms with van der Waals surface area (Å²) in [6.45, 7) is 1.81. The number of aliphatic hydroxyl groups is 1. The molecule has 0 saturated heterocycles. The fourth-order valence-corrected chi connectivity index (χ4v) is 3.20. The molecule has 140 valence electrons. The zero-order chi connectivity index (χ0) is 19.7. The number of hydrogen-bond acceptors (Lipinski definition) is 2. The lowest BCUT2D eigenvalue weighted by molar-refractivity contribution is -0.245. The van der Waals surface area contributed by atoms with Crippen molar-refractivity contribution in [3.05, 3.63) is 73.7 Å². The van der Waals surface area contributed by atoms with Crippen LogP contribution >= 0.6 is 39.1 Å². The predicted octanol–water partition coefficient (Wildman–Crippen LogP) is 6.07. The fraction of sp³-hybridized carbons (Fsp3) is 0.222. The maximum absolute atomic E-state index is 13.8. The Morgan fingerprint density at radius 1 is 1.12 bits per heavy atom. The van der Waals surface area contributed by atoms with E-state index in [9.17, 15) is 18.3 Å². The van der Waals surface area contributed by atoms with E-state index in [0.717, 1.165) is 28.2 Å². The summed E-state index contributed by atoms with van der Waals surface area (Å²) < 4.78 is 42.2. The van der Waals surface area contributed by atoms with E-state index in [0.29, 0.717) is 5.56 Å². The summed E-state index contributed by atoms with van der Waals surface area (Å²) in [6, 6.07) is 8.44. The van der Waals surface area contributed by atoms with E-state index >= 15 is 0 Å². The van der Waals surface area contributed by atoms with Crippen LogP contribution in [0.15, 0.2) is 46.9 Å². The van der Waals surface area contributed by atoms with E-state index in [4.69, 9.17) is 23.2 Å². The summed E-state index contributed by atoms with van der Waals surface area (Å²) in [5.74, 6) is 0. The Morgan fingerprint density at radius 2 is 1.69 bits per heavy atom. The average Bonchev–Trinajstić information content (AvgIpc) is 2.53. The molecule has 2 N–H and O–H groups in total. The number of nitrogens with one attached hydrogen (secondary N) is 1. The molecule has 0 aromatic heterocycles. The Bertz CT molecular complexity index is 835. The number of hydrogen-bond donors (Lipinski definition) is 2. The van der Waals surface area contributed by atoms with Crippen LogP contribution in [-0.2, 0) is 5.60 Å². The van der Waals surface area contributed by atoms with E-state index < -0.39 is 17.3 Å². The molecular weight excluding hydrogens is 454 g/mol. The van der Waals surface area contributed by atoms with Crippen molar-refractivity contribution in [3.63, 3.8) is 0 Å². The highest BCUT2D eigenvalue weighted by Gasteiger charge is 2.54. The monoisotopic (exact) mass is 467 g/mol. The third-order valence-electron chi connectivity index (χ3n) is 3.83. The summed E-state index contributed by atoms with van der Waals surface area (Å²) in [5, 5.41) is 13.3. The van der Waals surface area contributed by atoms with Gasteiger partial charge in [-0.3, -0.25) is 0 Å². The van der Waals surface area contributed by atoms with Gasteiger partial charge in [0.05, 0.1) is 0 Å². The number of aryl methyl sites for hydroxylation is 1. The van der Waals surface area contributed by atoms with Crippen LogP contribution in [0.4, 0.5) is 13.2 Å². The fourth-order valence-electron chi connectivity index (χ4n) is 2.42. The lowest BCUT2D eigenvalue weighted by Crippen LogP contribution is -2.41. The average molecular weight is 469 g/mol. The van der Waals surface area contributed by atoms with Gasteiger partial charge in [0.1, 0.15) is 0 Å². The SMILES string of the molecule is CN/C(=C\C(O)(c1cc(Cl)cc(Cl)c1)C(F)(F)F)c1ccc(Br)c(C)c1. The van der Waals surface area contributed by atoms with Crippen molar-refractivity contribution in [1.82, 2.24) is 5.32 Å². The first-order valence-corrected chi connectivity index (χ1v) is 8.95. The molecule has 0 fully saturated rings. The quantitative estimate of drug-likeness (QED) is 0.570. The van der Waals surface area contributed by atoms with Gasteiger partial charge in [-0.1, -0.05) is 45.2 Å². The molecule has 0 aliphatic carbocycles. The topological polar surface area (TPSA) is 32.3 Å². The first kappa shape index (κ1) is 21.1. The zero-order valence-electron chi connectivity index (χ0n) is 13.8. The maximum Gasteiger partial charge on any atom is 0.425 e. The molecule has 1 atom stereocenters. The Morgan fingerprint density at radius 3 is 2.15 bits per heavy atom. The molecule has 0 aliphatic heterocycles. The normalized spacial score (nSPS) is 14.9. The molecular formula is C18H15BrCl2F3NO. The molecule has 26 heavy (non-hydrogen) atoms. The van der Waals surface area contributed by atoms with Crippen LogP contribution in [0.2, 0.25) is 10.0 Å². The molecule has 0 radical (unpaired) electrons. The number of rotatable bonds is 4. The molecule has 8 heteroatoms. The standard InChI is InChI=1S/C18H15BrCl2F3NO/c1-10-5-11(3-4-15(10)19)16(25-2)9-17(26,18(22,23)24)12-6-13(20)8-14(21)7-12/h3-9,25-26H,1-2H3/b16-9-. The van der Waals surface area contributed by atoms with Gasteiger partial charge in [-0.2, -0.15) is 13.2 Å². The summed E-state index contributed by atoms with van der Waals surface area (Å²) >= 11 is 15.0. The molecule has 0 spiro atoms. The molecule has 0 heterocycles. The van der Waals surface area contributed by atoms with Crippen molar-refractivity contribution in [2.45, 2.75) is 18.7 Å². The van der Waals surface area contributed by atoms with E-state index in [-0.39, 0.29) is 15.7 Å². The van der Waals surface area contributed by atoms with Crippen LogP contribution < -0.4 is 5.32 Å². The van der Waals surface area contributed by atoms with Gasteiger partial charge >= 0.3 is 6.18 Å². The largest absolute Gasteiger partial charge is 0.425 e. The highest BCUT2D eigenvalue weighted by atomic mass is 79.9. The van der Waals surface area contributed by atoms with Gasteiger partial charge in [0.25, 0.3) is 0 Å². The lowest BCUT2D eigenvalue weighted by atomic mass is 9.90. The molecule has 0 amide bonds. The van der Waals surface area contributed by atoms with Crippen LogP contribution in [0.3, 0.4) is 0 Å². The van der Waals surface area contributed by atoms with Crippen LogP contribution in [0.25, 0.3) is 5.70 Å². The van der Waals surface area contributed by atoms with Gasteiger partial charge in [-0.15, -0.1) is 0 Å². The summed E-state index contributed by atoms with van der Waals surface area (Å²) in [4.78, 5) is 0. The van der Waals surface area contributed by atoms with E-state index in [2.05, 4.69) is 21.2 Å². The van der Waals surface area contributed by atoms with Crippen LogP contribution in [0.5, 0.6) is 0 Å². The van der Waals surface area contributed by atoms with Crippen molar-refractivity contribution in [3.8, 4) is 0 Å². The van der Waals surface area contributed by atoms with Crippen molar-refractivity contribution < 1.29 is 18.3 Å². The Hall–Kier alpha value is -1.21. The van der Waals surface area contributed by atoms with Crippen molar-refractivity contribution in [1.29, 1.82) is 0 Å². The number of benzene rings is 2. The highest BCUT2D eigenvalue weighted by Crippen LogP contribution is 2.43. The molecule has 2 aromatic carbocycles. The Kier molecular flexibility index (Phi) is 6.33. The summed E-state index contributed by atoms with van der Waals surface area (Å²) in [6.07, 6.45) is -4.27. The molecule has 2 aromatic rings. The van der Waals surface area contributed by atoms with Crippen molar-refractivity contribution in [2.24, 2.45) is 0 Å². The van der Waals surface area contributed by atoms with Crippen LogP contribution in [-0.4, -0.2) is 18.3 Å². The second-order valence-electron chi connectivity index (χ2n) is 5.69. The minimum atomic E-state index is -4.99. The van der Waals surface area contributed by atoms with Gasteiger partial charge in [0.2, 0.25) is 5.60 Å². The molecule has 1 unspecified atom stereocenters. The number of alkyl halides is 3. The molecule has 0 saturated carbocycles. The van der Waals surface area contributed by atoms with Crippen LogP contribution in [0, 0.1) is 6.92 Å². The van der Waals surface area contributed by atoms with E-state index in [1.165, 1.54) is 13.1 Å². The zero-order valence-corrected chi connectivity index (χ0v) is 16.9. The molecule has 0 bridgehead atoms. The first-order chi connectivity index (χ1) is 12.0. The van der Waals surface area contributed by atoms with Crippen molar-refractivity contribution in [2.75, 3.05) is 7.05 Å². The van der Waals surface area contributed by atoms with E-state index in [1.807, 2.05) is 6.92 Å². The second kappa shape index (κ2) is 7.80. The molecule has 2 rings (SSSR count). The third-order valence-corrected chi connectivity index (χ3v) is 5.15. The summed E-state index contributed by atoms with van der Waals surface area (Å²) in [5.41, 5.74) is -2.31.